The Morgan fingerprint density at radius 2 is 2.04 bits per heavy atom. The van der Waals surface area contributed by atoms with Crippen LogP contribution in [0.1, 0.15) is 5.56 Å². The SMILES string of the molecule is Cc1ccc(-[n+]2[nH]oc(=O)c2SCC(=O)Nc2ccc(F)c(Cl)c2)cc1. The van der Waals surface area contributed by atoms with Gasteiger partial charge in [0, 0.05) is 17.8 Å². The Balaban J connectivity index is 1.70. The Bertz CT molecular complexity index is 1000. The Morgan fingerprint density at radius 3 is 2.73 bits per heavy atom. The first-order chi connectivity index (χ1) is 12.4. The highest BCUT2D eigenvalue weighted by atomic mass is 35.5. The molecule has 1 heterocycles. The Morgan fingerprint density at radius 1 is 1.31 bits per heavy atom. The molecular weight excluding hydrogens is 381 g/mol. The molecule has 1 aromatic heterocycles. The predicted molar refractivity (Wildman–Crippen MR) is 96.4 cm³/mol. The summed E-state index contributed by atoms with van der Waals surface area (Å²) in [4.78, 5) is 24.0. The molecule has 1 amide bonds. The number of H-pyrrole nitrogens is 1. The first-order valence-electron chi connectivity index (χ1n) is 7.52. The Labute approximate surface area is 156 Å². The van der Waals surface area contributed by atoms with E-state index < -0.39 is 11.4 Å². The van der Waals surface area contributed by atoms with E-state index in [0.29, 0.717) is 11.4 Å². The van der Waals surface area contributed by atoms with Crippen molar-refractivity contribution in [2.75, 3.05) is 11.1 Å². The molecule has 0 unspecified atom stereocenters. The Kier molecular flexibility index (Phi) is 5.43. The van der Waals surface area contributed by atoms with Crippen molar-refractivity contribution in [1.29, 1.82) is 0 Å². The molecule has 6 nitrogen and oxygen atoms in total. The van der Waals surface area contributed by atoms with Gasteiger partial charge in [0.2, 0.25) is 11.6 Å². The molecule has 0 saturated heterocycles. The molecule has 0 aliphatic heterocycles. The standard InChI is InChI=1S/C17H13ClFN3O3S/c1-10-2-5-12(6-3-10)22-16(17(24)25-21-22)26-9-15(23)20-11-4-7-14(19)13(18)8-11/h2-8H,9H2,1H3,(H-,20,21,23,24)/p+1. The molecule has 0 aliphatic carbocycles. The summed E-state index contributed by atoms with van der Waals surface area (Å²) in [5, 5.41) is 5.26. The van der Waals surface area contributed by atoms with Crippen molar-refractivity contribution >= 4 is 35.0 Å². The lowest BCUT2D eigenvalue weighted by molar-refractivity contribution is -0.704. The molecule has 0 aliphatic rings. The number of hydrogen-bond donors (Lipinski definition) is 2. The number of benzene rings is 2. The zero-order chi connectivity index (χ0) is 18.7. The highest BCUT2D eigenvalue weighted by Gasteiger charge is 2.24. The summed E-state index contributed by atoms with van der Waals surface area (Å²) in [6.45, 7) is 1.95. The van der Waals surface area contributed by atoms with Gasteiger partial charge < -0.3 is 5.32 Å². The van der Waals surface area contributed by atoms with Crippen LogP contribution in [0.3, 0.4) is 0 Å². The average molecular weight is 395 g/mol. The van der Waals surface area contributed by atoms with Crippen molar-refractivity contribution in [2.24, 2.45) is 0 Å². The second-order valence-electron chi connectivity index (χ2n) is 5.42. The van der Waals surface area contributed by atoms with E-state index in [1.807, 2.05) is 31.2 Å². The second-order valence-corrected chi connectivity index (χ2v) is 6.79. The normalized spacial score (nSPS) is 10.7. The number of aromatic nitrogens is 2. The van der Waals surface area contributed by atoms with Crippen LogP contribution in [0, 0.1) is 12.7 Å². The molecule has 0 radical (unpaired) electrons. The molecule has 0 atom stereocenters. The smallest absolute Gasteiger partial charge is 0.325 e. The predicted octanol–water partition coefficient (Wildman–Crippen LogP) is 3.08. The van der Waals surface area contributed by atoms with Crippen LogP contribution < -0.4 is 15.6 Å². The molecule has 134 valence electrons. The lowest BCUT2D eigenvalue weighted by atomic mass is 10.2. The van der Waals surface area contributed by atoms with Crippen molar-refractivity contribution in [3.05, 3.63) is 69.3 Å². The molecular formula is C17H14ClFN3O3S+. The number of nitrogens with zero attached hydrogens (tertiary/aromatic N) is 1. The number of rotatable bonds is 5. The molecule has 2 N–H and O–H groups in total. The number of nitrogens with one attached hydrogen (secondary N) is 2. The van der Waals surface area contributed by atoms with Crippen LogP contribution in [-0.2, 0) is 4.79 Å². The zero-order valence-corrected chi connectivity index (χ0v) is 15.2. The van der Waals surface area contributed by atoms with E-state index >= 15 is 0 Å². The third-order valence-corrected chi connectivity index (χ3v) is 4.76. The quantitative estimate of drug-likeness (QED) is 0.515. The minimum atomic E-state index is -0.576. The van der Waals surface area contributed by atoms with E-state index in [0.717, 1.165) is 23.4 Å². The van der Waals surface area contributed by atoms with Crippen LogP contribution >= 0.6 is 23.4 Å². The van der Waals surface area contributed by atoms with Crippen molar-refractivity contribution in [1.82, 2.24) is 5.27 Å². The summed E-state index contributed by atoms with van der Waals surface area (Å²) < 4.78 is 19.4. The fourth-order valence-electron chi connectivity index (χ4n) is 2.16. The monoisotopic (exact) mass is 394 g/mol. The lowest BCUT2D eigenvalue weighted by Gasteiger charge is -2.04. The molecule has 2 aromatic carbocycles. The lowest BCUT2D eigenvalue weighted by Crippen LogP contribution is -2.36. The van der Waals surface area contributed by atoms with Gasteiger partial charge in [-0.1, -0.05) is 29.3 Å². The third kappa shape index (κ3) is 4.14. The first kappa shape index (κ1) is 18.2. The molecule has 0 spiro atoms. The molecule has 3 rings (SSSR count). The van der Waals surface area contributed by atoms with E-state index in [2.05, 4.69) is 10.6 Å². The summed E-state index contributed by atoms with van der Waals surface area (Å²) in [7, 11) is 0. The number of aryl methyl sites for hydroxylation is 1. The molecule has 0 fully saturated rings. The number of carbonyl (C=O) groups is 1. The fraction of sp³-hybridized carbons (Fsp3) is 0.118. The zero-order valence-electron chi connectivity index (χ0n) is 13.6. The van der Waals surface area contributed by atoms with Crippen LogP contribution in [0.5, 0.6) is 0 Å². The number of aromatic amines is 1. The number of amides is 1. The maximum atomic E-state index is 13.1. The molecule has 26 heavy (non-hydrogen) atoms. The van der Waals surface area contributed by atoms with Gasteiger partial charge in [-0.15, -0.1) is 0 Å². The van der Waals surface area contributed by atoms with Gasteiger partial charge in [-0.3, -0.25) is 9.32 Å². The number of hydrogen-bond acceptors (Lipinski definition) is 4. The van der Waals surface area contributed by atoms with Crippen molar-refractivity contribution in [2.45, 2.75) is 11.9 Å². The summed E-state index contributed by atoms with van der Waals surface area (Å²) in [6.07, 6.45) is 0. The van der Waals surface area contributed by atoms with E-state index in [9.17, 15) is 14.0 Å². The minimum Gasteiger partial charge on any atom is -0.325 e. The van der Waals surface area contributed by atoms with Gasteiger partial charge in [0.1, 0.15) is 5.82 Å². The van der Waals surface area contributed by atoms with Crippen molar-refractivity contribution < 1.29 is 18.4 Å². The van der Waals surface area contributed by atoms with Gasteiger partial charge >= 0.3 is 10.7 Å². The van der Waals surface area contributed by atoms with Crippen LogP contribution in [0.15, 0.2) is 56.8 Å². The van der Waals surface area contributed by atoms with Crippen LogP contribution in [0.2, 0.25) is 5.02 Å². The molecule has 9 heteroatoms. The highest BCUT2D eigenvalue weighted by molar-refractivity contribution is 7.99. The van der Waals surface area contributed by atoms with Gasteiger partial charge in [0.15, 0.2) is 0 Å². The number of anilines is 1. The summed E-state index contributed by atoms with van der Waals surface area (Å²) in [5.74, 6) is -0.972. The maximum absolute atomic E-state index is 13.1. The summed E-state index contributed by atoms with van der Waals surface area (Å²) in [6, 6.07) is 11.3. The van der Waals surface area contributed by atoms with E-state index in [4.69, 9.17) is 16.1 Å². The number of carbonyl (C=O) groups excluding carboxylic acids is 1. The molecule has 3 aromatic rings. The molecule has 0 saturated carbocycles. The van der Waals surface area contributed by atoms with Crippen molar-refractivity contribution in [3.63, 3.8) is 0 Å². The van der Waals surface area contributed by atoms with Crippen LogP contribution in [-0.4, -0.2) is 16.9 Å². The fourth-order valence-corrected chi connectivity index (χ4v) is 3.11. The van der Waals surface area contributed by atoms with Gasteiger partial charge in [-0.2, -0.15) is 0 Å². The van der Waals surface area contributed by atoms with Crippen LogP contribution in [0.25, 0.3) is 5.69 Å². The van der Waals surface area contributed by atoms with Gasteiger partial charge in [0.25, 0.3) is 0 Å². The van der Waals surface area contributed by atoms with Gasteiger partial charge in [-0.25, -0.2) is 9.18 Å². The van der Waals surface area contributed by atoms with E-state index in [-0.39, 0.29) is 21.7 Å². The maximum Gasteiger partial charge on any atom is 0.442 e. The molecule has 0 bridgehead atoms. The summed E-state index contributed by atoms with van der Waals surface area (Å²) in [5.41, 5.74) is 1.57. The van der Waals surface area contributed by atoms with E-state index in [1.54, 1.807) is 0 Å². The van der Waals surface area contributed by atoms with Crippen molar-refractivity contribution in [3.8, 4) is 5.69 Å². The topological polar surface area (TPSA) is 79.0 Å². The summed E-state index contributed by atoms with van der Waals surface area (Å²) >= 11 is 6.70. The number of thioether (sulfide) groups is 1. The number of halogens is 2. The third-order valence-electron chi connectivity index (χ3n) is 3.44. The largest absolute Gasteiger partial charge is 0.442 e. The first-order valence-corrected chi connectivity index (χ1v) is 8.88. The van der Waals surface area contributed by atoms with E-state index in [1.165, 1.54) is 16.8 Å². The minimum absolute atomic E-state index is 0.0382. The van der Waals surface area contributed by atoms with Gasteiger partial charge in [-0.05, 0) is 46.8 Å². The highest BCUT2D eigenvalue weighted by Crippen LogP contribution is 2.20. The van der Waals surface area contributed by atoms with Gasteiger partial charge in [0.05, 0.1) is 10.8 Å². The second kappa shape index (κ2) is 7.76. The average Bonchev–Trinajstić information content (AvgIpc) is 2.98. The Hall–Kier alpha value is -2.58. The van der Waals surface area contributed by atoms with Crippen LogP contribution in [0.4, 0.5) is 10.1 Å².